The number of fused-ring (bicyclic) bond motifs is 1. The molecule has 5 heteroatoms. The van der Waals surface area contributed by atoms with Gasteiger partial charge in [0.1, 0.15) is 5.82 Å². The summed E-state index contributed by atoms with van der Waals surface area (Å²) < 4.78 is 19.0. The molecule has 26 heavy (non-hydrogen) atoms. The molecule has 2 heterocycles. The van der Waals surface area contributed by atoms with E-state index in [1.807, 2.05) is 23.1 Å². The van der Waals surface area contributed by atoms with Crippen molar-refractivity contribution in [3.63, 3.8) is 0 Å². The number of anilines is 1. The van der Waals surface area contributed by atoms with Crippen LogP contribution in [-0.4, -0.2) is 43.6 Å². The molecule has 0 spiro atoms. The summed E-state index contributed by atoms with van der Waals surface area (Å²) in [6, 6.07) is 14.6. The Hall–Kier alpha value is -2.24. The Kier molecular flexibility index (Phi) is 5.00. The van der Waals surface area contributed by atoms with Gasteiger partial charge in [-0.2, -0.15) is 0 Å². The van der Waals surface area contributed by atoms with Crippen molar-refractivity contribution in [2.75, 3.05) is 37.7 Å². The number of rotatable bonds is 3. The number of hydrogen-bond acceptors (Lipinski definition) is 3. The molecule has 136 valence electrons. The quantitative estimate of drug-likeness (QED) is 0.849. The molecule has 4 rings (SSSR count). The highest BCUT2D eigenvalue weighted by atomic mass is 19.1. The van der Waals surface area contributed by atoms with Crippen LogP contribution in [0, 0.1) is 5.82 Å². The second-order valence-corrected chi connectivity index (χ2v) is 6.92. The van der Waals surface area contributed by atoms with Gasteiger partial charge in [0, 0.05) is 25.3 Å². The molecule has 2 aliphatic heterocycles. The van der Waals surface area contributed by atoms with Gasteiger partial charge in [-0.25, -0.2) is 4.39 Å². The summed E-state index contributed by atoms with van der Waals surface area (Å²) in [4.78, 5) is 17.0. The van der Waals surface area contributed by atoms with E-state index >= 15 is 0 Å². The second kappa shape index (κ2) is 7.56. The van der Waals surface area contributed by atoms with Gasteiger partial charge in [-0.15, -0.1) is 0 Å². The SMILES string of the molecule is O=C(CN1CCOC(c2ccc(F)cc2)C1)N1CCCc2ccccc21. The van der Waals surface area contributed by atoms with Crippen molar-refractivity contribution < 1.29 is 13.9 Å². The largest absolute Gasteiger partial charge is 0.371 e. The molecule has 0 aliphatic carbocycles. The predicted molar refractivity (Wildman–Crippen MR) is 98.6 cm³/mol. The van der Waals surface area contributed by atoms with Crippen LogP contribution in [0.4, 0.5) is 10.1 Å². The summed E-state index contributed by atoms with van der Waals surface area (Å²) in [5, 5.41) is 0. The van der Waals surface area contributed by atoms with Gasteiger partial charge in [0.2, 0.25) is 5.91 Å². The van der Waals surface area contributed by atoms with E-state index in [1.165, 1.54) is 17.7 Å². The van der Waals surface area contributed by atoms with E-state index in [2.05, 4.69) is 11.0 Å². The lowest BCUT2D eigenvalue weighted by molar-refractivity contribution is -0.122. The van der Waals surface area contributed by atoms with Crippen molar-refractivity contribution >= 4 is 11.6 Å². The van der Waals surface area contributed by atoms with Crippen LogP contribution in [-0.2, 0) is 16.0 Å². The molecule has 2 aromatic rings. The van der Waals surface area contributed by atoms with Crippen LogP contribution in [0.15, 0.2) is 48.5 Å². The highest BCUT2D eigenvalue weighted by Gasteiger charge is 2.27. The summed E-state index contributed by atoms with van der Waals surface area (Å²) >= 11 is 0. The summed E-state index contributed by atoms with van der Waals surface area (Å²) in [6.45, 7) is 3.12. The lowest BCUT2D eigenvalue weighted by Crippen LogP contribution is -2.46. The first-order valence-corrected chi connectivity index (χ1v) is 9.18. The number of nitrogens with zero attached hydrogens (tertiary/aromatic N) is 2. The van der Waals surface area contributed by atoms with Gasteiger partial charge in [0.05, 0.1) is 19.3 Å². The first-order chi connectivity index (χ1) is 12.7. The predicted octanol–water partition coefficient (Wildman–Crippen LogP) is 3.18. The second-order valence-electron chi connectivity index (χ2n) is 6.92. The fourth-order valence-corrected chi connectivity index (χ4v) is 3.79. The first-order valence-electron chi connectivity index (χ1n) is 9.18. The monoisotopic (exact) mass is 354 g/mol. The van der Waals surface area contributed by atoms with Crippen LogP contribution in [0.25, 0.3) is 0 Å². The van der Waals surface area contributed by atoms with Gasteiger partial charge in [0.25, 0.3) is 0 Å². The summed E-state index contributed by atoms with van der Waals surface area (Å²) in [7, 11) is 0. The summed E-state index contributed by atoms with van der Waals surface area (Å²) in [6.07, 6.45) is 1.92. The number of amides is 1. The van der Waals surface area contributed by atoms with Crippen LogP contribution in [0.1, 0.15) is 23.7 Å². The highest BCUT2D eigenvalue weighted by Crippen LogP contribution is 2.27. The van der Waals surface area contributed by atoms with E-state index in [-0.39, 0.29) is 17.8 Å². The molecular weight excluding hydrogens is 331 g/mol. The first kappa shape index (κ1) is 17.2. The molecule has 0 saturated carbocycles. The standard InChI is InChI=1S/C21H23FN2O2/c22-18-9-7-17(8-10-18)20-14-23(12-13-26-20)15-21(25)24-11-3-5-16-4-1-2-6-19(16)24/h1-2,4,6-10,20H,3,5,11-15H2. The minimum atomic E-state index is -0.250. The smallest absolute Gasteiger partial charge is 0.241 e. The number of morpholine rings is 1. The molecule has 1 fully saturated rings. The zero-order valence-electron chi connectivity index (χ0n) is 14.7. The maximum Gasteiger partial charge on any atom is 0.241 e. The Morgan fingerprint density at radius 2 is 1.92 bits per heavy atom. The fourth-order valence-electron chi connectivity index (χ4n) is 3.79. The lowest BCUT2D eigenvalue weighted by Gasteiger charge is -2.35. The number of aryl methyl sites for hydroxylation is 1. The molecule has 0 bridgehead atoms. The average molecular weight is 354 g/mol. The van der Waals surface area contributed by atoms with Crippen molar-refractivity contribution in [2.24, 2.45) is 0 Å². The van der Waals surface area contributed by atoms with Crippen LogP contribution >= 0.6 is 0 Å². The molecule has 1 atom stereocenters. The van der Waals surface area contributed by atoms with E-state index in [1.54, 1.807) is 12.1 Å². The zero-order chi connectivity index (χ0) is 17.9. The van der Waals surface area contributed by atoms with Crippen molar-refractivity contribution in [3.05, 3.63) is 65.5 Å². The van der Waals surface area contributed by atoms with Gasteiger partial charge in [-0.1, -0.05) is 30.3 Å². The average Bonchev–Trinajstić information content (AvgIpc) is 2.68. The Labute approximate surface area is 153 Å². The number of para-hydroxylation sites is 1. The van der Waals surface area contributed by atoms with E-state index in [4.69, 9.17) is 4.74 Å². The molecule has 1 saturated heterocycles. The highest BCUT2D eigenvalue weighted by molar-refractivity contribution is 5.95. The topological polar surface area (TPSA) is 32.8 Å². The molecule has 4 nitrogen and oxygen atoms in total. The fraction of sp³-hybridized carbons (Fsp3) is 0.381. The Bertz CT molecular complexity index is 778. The Morgan fingerprint density at radius 3 is 2.77 bits per heavy atom. The van der Waals surface area contributed by atoms with Crippen LogP contribution < -0.4 is 4.90 Å². The normalized spacial score (nSPS) is 20.7. The van der Waals surface area contributed by atoms with Gasteiger partial charge < -0.3 is 9.64 Å². The molecule has 0 N–H and O–H groups in total. The number of carbonyl (C=O) groups excluding carboxylic acids is 1. The number of benzene rings is 2. The molecule has 0 radical (unpaired) electrons. The third-order valence-electron chi connectivity index (χ3n) is 5.16. The number of ether oxygens (including phenoxy) is 1. The molecule has 1 amide bonds. The number of hydrogen-bond donors (Lipinski definition) is 0. The minimum absolute atomic E-state index is 0.120. The molecular formula is C21H23FN2O2. The molecule has 1 unspecified atom stereocenters. The van der Waals surface area contributed by atoms with E-state index in [0.717, 1.165) is 37.2 Å². The molecule has 2 aliphatic rings. The lowest BCUT2D eigenvalue weighted by atomic mass is 10.0. The van der Waals surface area contributed by atoms with Gasteiger partial charge in [-0.05, 0) is 42.2 Å². The van der Waals surface area contributed by atoms with E-state index < -0.39 is 0 Å². The Balaban J connectivity index is 1.42. The third-order valence-corrected chi connectivity index (χ3v) is 5.16. The van der Waals surface area contributed by atoms with Crippen LogP contribution in [0.5, 0.6) is 0 Å². The van der Waals surface area contributed by atoms with Crippen molar-refractivity contribution in [1.29, 1.82) is 0 Å². The molecule has 2 aromatic carbocycles. The van der Waals surface area contributed by atoms with Crippen molar-refractivity contribution in [2.45, 2.75) is 18.9 Å². The van der Waals surface area contributed by atoms with E-state index in [0.29, 0.717) is 19.7 Å². The third kappa shape index (κ3) is 3.64. The van der Waals surface area contributed by atoms with Gasteiger partial charge >= 0.3 is 0 Å². The van der Waals surface area contributed by atoms with E-state index in [9.17, 15) is 9.18 Å². The Morgan fingerprint density at radius 1 is 1.12 bits per heavy atom. The van der Waals surface area contributed by atoms with Crippen molar-refractivity contribution in [3.8, 4) is 0 Å². The minimum Gasteiger partial charge on any atom is -0.371 e. The zero-order valence-corrected chi connectivity index (χ0v) is 14.7. The number of halogens is 1. The van der Waals surface area contributed by atoms with Crippen LogP contribution in [0.2, 0.25) is 0 Å². The van der Waals surface area contributed by atoms with Crippen molar-refractivity contribution in [1.82, 2.24) is 4.90 Å². The number of carbonyl (C=O) groups is 1. The summed E-state index contributed by atoms with van der Waals surface area (Å²) in [5.41, 5.74) is 3.25. The maximum atomic E-state index is 13.1. The van der Waals surface area contributed by atoms with Gasteiger partial charge in [0.15, 0.2) is 0 Å². The molecule has 0 aromatic heterocycles. The van der Waals surface area contributed by atoms with Gasteiger partial charge in [-0.3, -0.25) is 9.69 Å². The maximum absolute atomic E-state index is 13.1. The van der Waals surface area contributed by atoms with Crippen LogP contribution in [0.3, 0.4) is 0 Å². The summed E-state index contributed by atoms with van der Waals surface area (Å²) in [5.74, 6) is -0.114.